The van der Waals surface area contributed by atoms with Gasteiger partial charge >= 0.3 is 0 Å². The second-order valence-corrected chi connectivity index (χ2v) is 8.92. The first-order valence-corrected chi connectivity index (χ1v) is 11.2. The monoisotopic (exact) mass is 455 g/mol. The lowest BCUT2D eigenvalue weighted by Gasteiger charge is -2.31. The molecule has 2 aromatic carbocycles. The number of benzene rings is 2. The summed E-state index contributed by atoms with van der Waals surface area (Å²) in [5.41, 5.74) is 3.45. The molecule has 3 rings (SSSR count). The van der Waals surface area contributed by atoms with Crippen molar-refractivity contribution in [3.8, 4) is 0 Å². The first kappa shape index (κ1) is 24.0. The maximum absolute atomic E-state index is 12.7. The molecule has 0 aromatic heterocycles. The molecule has 0 unspecified atom stereocenters. The summed E-state index contributed by atoms with van der Waals surface area (Å²) in [4.78, 5) is 41.2. The van der Waals surface area contributed by atoms with Crippen molar-refractivity contribution in [3.63, 3.8) is 0 Å². The number of Topliss-reactive ketones (excluding diaryl/α,β-unsaturated/α-hetero) is 1. The van der Waals surface area contributed by atoms with Crippen LogP contribution in [0.15, 0.2) is 42.5 Å². The van der Waals surface area contributed by atoms with Gasteiger partial charge < -0.3 is 10.2 Å². The lowest BCUT2D eigenvalue weighted by molar-refractivity contribution is -0.134. The summed E-state index contributed by atoms with van der Waals surface area (Å²) >= 11 is 5.90. The minimum Gasteiger partial charge on any atom is -0.335 e. The van der Waals surface area contributed by atoms with Crippen LogP contribution in [0.4, 0.5) is 5.69 Å². The fraction of sp³-hybridized carbons (Fsp3) is 0.400. The molecule has 0 radical (unpaired) electrons. The summed E-state index contributed by atoms with van der Waals surface area (Å²) in [6, 6.07) is 12.8. The predicted octanol–water partition coefficient (Wildman–Crippen LogP) is 3.95. The number of likely N-dealkylation sites (tertiary alicyclic amines) is 1. The van der Waals surface area contributed by atoms with Gasteiger partial charge in [-0.15, -0.1) is 0 Å². The number of likely N-dealkylation sites (N-methyl/N-ethyl adjacent to an activating group) is 1. The Morgan fingerprint density at radius 1 is 1.03 bits per heavy atom. The second-order valence-electron chi connectivity index (χ2n) is 8.49. The Morgan fingerprint density at radius 2 is 1.62 bits per heavy atom. The van der Waals surface area contributed by atoms with Crippen molar-refractivity contribution in [2.24, 2.45) is 5.92 Å². The van der Waals surface area contributed by atoms with Crippen LogP contribution in [0.2, 0.25) is 5.02 Å². The molecular weight excluding hydrogens is 426 g/mol. The molecule has 1 fully saturated rings. The van der Waals surface area contributed by atoms with E-state index >= 15 is 0 Å². The van der Waals surface area contributed by atoms with Gasteiger partial charge in [0.1, 0.15) is 0 Å². The number of anilines is 1. The fourth-order valence-corrected chi connectivity index (χ4v) is 4.14. The standard InChI is InChI=1S/C25H30ClN3O3/c1-17-5-4-6-18(2)24(17)27-22(30)15-28(3)23(31)16-29-13-11-20(12-14-29)25(32)19-7-9-21(26)10-8-19/h4-10,20H,11-16H2,1-3H3,(H,27,30). The van der Waals surface area contributed by atoms with Crippen LogP contribution < -0.4 is 5.32 Å². The van der Waals surface area contributed by atoms with Gasteiger partial charge in [0, 0.05) is 29.2 Å². The van der Waals surface area contributed by atoms with E-state index in [4.69, 9.17) is 11.6 Å². The number of para-hydroxylation sites is 1. The molecule has 2 aromatic rings. The number of piperidine rings is 1. The quantitative estimate of drug-likeness (QED) is 0.642. The van der Waals surface area contributed by atoms with E-state index in [1.165, 1.54) is 4.90 Å². The van der Waals surface area contributed by atoms with Gasteiger partial charge in [0.15, 0.2) is 5.78 Å². The Hall–Kier alpha value is -2.70. The van der Waals surface area contributed by atoms with E-state index in [0.29, 0.717) is 36.5 Å². The number of halogens is 1. The molecule has 2 amide bonds. The summed E-state index contributed by atoms with van der Waals surface area (Å²) in [5.74, 6) is -0.231. The highest BCUT2D eigenvalue weighted by Gasteiger charge is 2.27. The fourth-order valence-electron chi connectivity index (χ4n) is 4.01. The maximum atomic E-state index is 12.7. The molecule has 7 heteroatoms. The third-order valence-electron chi connectivity index (χ3n) is 6.00. The van der Waals surface area contributed by atoms with Crippen molar-refractivity contribution in [1.29, 1.82) is 0 Å². The van der Waals surface area contributed by atoms with Crippen molar-refractivity contribution in [2.75, 3.05) is 38.5 Å². The third-order valence-corrected chi connectivity index (χ3v) is 6.25. The van der Waals surface area contributed by atoms with Gasteiger partial charge in [0.2, 0.25) is 11.8 Å². The normalized spacial score (nSPS) is 14.8. The number of hydrogen-bond donors (Lipinski definition) is 1. The van der Waals surface area contributed by atoms with Crippen LogP contribution in [0.3, 0.4) is 0 Å². The number of aryl methyl sites for hydroxylation is 2. The molecule has 1 heterocycles. The third kappa shape index (κ3) is 6.17. The van der Waals surface area contributed by atoms with E-state index in [-0.39, 0.29) is 36.6 Å². The van der Waals surface area contributed by atoms with Crippen molar-refractivity contribution < 1.29 is 14.4 Å². The average molecular weight is 456 g/mol. The van der Waals surface area contributed by atoms with Crippen molar-refractivity contribution in [2.45, 2.75) is 26.7 Å². The number of hydrogen-bond acceptors (Lipinski definition) is 4. The SMILES string of the molecule is Cc1cccc(C)c1NC(=O)CN(C)C(=O)CN1CCC(C(=O)c2ccc(Cl)cc2)CC1. The number of rotatable bonds is 7. The lowest BCUT2D eigenvalue weighted by Crippen LogP contribution is -2.45. The molecule has 32 heavy (non-hydrogen) atoms. The second kappa shape index (κ2) is 10.7. The topological polar surface area (TPSA) is 69.7 Å². The van der Waals surface area contributed by atoms with Crippen molar-refractivity contribution in [1.82, 2.24) is 9.80 Å². The molecule has 0 bridgehead atoms. The number of nitrogens with zero attached hydrogens (tertiary/aromatic N) is 2. The molecule has 1 saturated heterocycles. The molecule has 6 nitrogen and oxygen atoms in total. The molecule has 1 aliphatic rings. The van der Waals surface area contributed by atoms with Crippen LogP contribution in [0, 0.1) is 19.8 Å². The predicted molar refractivity (Wildman–Crippen MR) is 127 cm³/mol. The summed E-state index contributed by atoms with van der Waals surface area (Å²) in [7, 11) is 1.64. The molecule has 1 aliphatic heterocycles. The van der Waals surface area contributed by atoms with E-state index in [0.717, 1.165) is 16.8 Å². The minimum absolute atomic E-state index is 0.00186. The van der Waals surface area contributed by atoms with E-state index in [1.807, 2.05) is 36.9 Å². The number of carbonyl (C=O) groups excluding carboxylic acids is 3. The molecule has 1 N–H and O–H groups in total. The zero-order chi connectivity index (χ0) is 23.3. The van der Waals surface area contributed by atoms with E-state index in [2.05, 4.69) is 5.32 Å². The van der Waals surface area contributed by atoms with Gasteiger partial charge in [-0.3, -0.25) is 19.3 Å². The van der Waals surface area contributed by atoms with Gasteiger partial charge in [-0.25, -0.2) is 0 Å². The van der Waals surface area contributed by atoms with Crippen LogP contribution in [0.1, 0.15) is 34.3 Å². The number of amides is 2. The maximum Gasteiger partial charge on any atom is 0.243 e. The Bertz CT molecular complexity index is 962. The van der Waals surface area contributed by atoms with E-state index in [9.17, 15) is 14.4 Å². The summed E-state index contributed by atoms with van der Waals surface area (Å²) < 4.78 is 0. The summed E-state index contributed by atoms with van der Waals surface area (Å²) in [5, 5.41) is 3.53. The number of ketones is 1. The Labute approximate surface area is 194 Å². The summed E-state index contributed by atoms with van der Waals surface area (Å²) in [6.45, 7) is 5.49. The van der Waals surface area contributed by atoms with Gasteiger partial charge in [-0.2, -0.15) is 0 Å². The lowest BCUT2D eigenvalue weighted by atomic mass is 9.89. The van der Waals surface area contributed by atoms with Crippen LogP contribution >= 0.6 is 11.6 Å². The largest absolute Gasteiger partial charge is 0.335 e. The van der Waals surface area contributed by atoms with Crippen LogP contribution in [-0.2, 0) is 9.59 Å². The Kier molecular flexibility index (Phi) is 8.04. The van der Waals surface area contributed by atoms with Gasteiger partial charge in [0.25, 0.3) is 0 Å². The zero-order valence-corrected chi connectivity index (χ0v) is 19.6. The Balaban J connectivity index is 1.45. The minimum atomic E-state index is -0.217. The molecule has 0 atom stereocenters. The molecule has 0 saturated carbocycles. The zero-order valence-electron chi connectivity index (χ0n) is 18.9. The van der Waals surface area contributed by atoms with Crippen LogP contribution in [0.25, 0.3) is 0 Å². The molecule has 170 valence electrons. The highest BCUT2D eigenvalue weighted by molar-refractivity contribution is 6.30. The molecule has 0 aliphatic carbocycles. The van der Waals surface area contributed by atoms with Crippen LogP contribution in [0.5, 0.6) is 0 Å². The van der Waals surface area contributed by atoms with Crippen molar-refractivity contribution in [3.05, 3.63) is 64.2 Å². The van der Waals surface area contributed by atoms with Gasteiger partial charge in [-0.05, 0) is 75.2 Å². The average Bonchev–Trinajstić information content (AvgIpc) is 2.77. The Morgan fingerprint density at radius 3 is 2.22 bits per heavy atom. The highest BCUT2D eigenvalue weighted by Crippen LogP contribution is 2.23. The number of nitrogens with one attached hydrogen (secondary N) is 1. The van der Waals surface area contributed by atoms with E-state index < -0.39 is 0 Å². The van der Waals surface area contributed by atoms with Crippen molar-refractivity contribution >= 4 is 34.9 Å². The summed E-state index contributed by atoms with van der Waals surface area (Å²) in [6.07, 6.45) is 1.43. The smallest absolute Gasteiger partial charge is 0.243 e. The van der Waals surface area contributed by atoms with Crippen LogP contribution in [-0.4, -0.2) is 60.6 Å². The van der Waals surface area contributed by atoms with Gasteiger partial charge in [0.05, 0.1) is 13.1 Å². The number of carbonyl (C=O) groups is 3. The molecular formula is C25H30ClN3O3. The first-order valence-electron chi connectivity index (χ1n) is 10.9. The molecule has 0 spiro atoms. The van der Waals surface area contributed by atoms with Gasteiger partial charge in [-0.1, -0.05) is 29.8 Å². The highest BCUT2D eigenvalue weighted by atomic mass is 35.5. The first-order chi connectivity index (χ1) is 15.2. The van der Waals surface area contributed by atoms with E-state index in [1.54, 1.807) is 31.3 Å².